The summed E-state index contributed by atoms with van der Waals surface area (Å²) in [7, 11) is 3.07. The highest BCUT2D eigenvalue weighted by Gasteiger charge is 2.34. The number of benzene rings is 2. The van der Waals surface area contributed by atoms with E-state index in [0.29, 0.717) is 48.6 Å². The SMILES string of the molecule is CCOC(=O)C1=C(C)N=c2sc(=Cc3ccc(-c4cccc(Cl)c4)o3)c(=O)n2C1c1ccc(OC)c(OC)c1. The van der Waals surface area contributed by atoms with E-state index in [4.69, 9.17) is 30.2 Å². The van der Waals surface area contributed by atoms with Crippen molar-refractivity contribution in [1.29, 1.82) is 0 Å². The van der Waals surface area contributed by atoms with E-state index in [2.05, 4.69) is 4.99 Å². The number of carbonyl (C=O) groups is 1. The van der Waals surface area contributed by atoms with Gasteiger partial charge in [-0.2, -0.15) is 0 Å². The number of methoxy groups -OCH3 is 2. The van der Waals surface area contributed by atoms with Crippen LogP contribution in [0, 0.1) is 0 Å². The zero-order valence-corrected chi connectivity index (χ0v) is 23.3. The molecule has 8 nitrogen and oxygen atoms in total. The number of rotatable bonds is 7. The monoisotopic (exact) mass is 564 g/mol. The van der Waals surface area contributed by atoms with Gasteiger partial charge in [-0.05, 0) is 55.8 Å². The van der Waals surface area contributed by atoms with Crippen LogP contribution in [0.25, 0.3) is 17.4 Å². The molecule has 1 unspecified atom stereocenters. The fraction of sp³-hybridized carbons (Fsp3) is 0.207. The molecule has 1 aliphatic rings. The maximum Gasteiger partial charge on any atom is 0.338 e. The molecule has 4 aromatic rings. The summed E-state index contributed by atoms with van der Waals surface area (Å²) in [6.45, 7) is 3.66. The fourth-order valence-electron chi connectivity index (χ4n) is 4.49. The van der Waals surface area contributed by atoms with Crippen LogP contribution >= 0.6 is 22.9 Å². The van der Waals surface area contributed by atoms with Gasteiger partial charge in [-0.1, -0.05) is 41.1 Å². The summed E-state index contributed by atoms with van der Waals surface area (Å²) >= 11 is 7.34. The summed E-state index contributed by atoms with van der Waals surface area (Å²) < 4.78 is 24.1. The number of nitrogens with zero attached hydrogens (tertiary/aromatic N) is 2. The lowest BCUT2D eigenvalue weighted by Crippen LogP contribution is -2.39. The lowest BCUT2D eigenvalue weighted by molar-refractivity contribution is -0.139. The number of esters is 1. The van der Waals surface area contributed by atoms with E-state index in [1.807, 2.05) is 18.2 Å². The highest BCUT2D eigenvalue weighted by atomic mass is 35.5. The molecule has 10 heteroatoms. The summed E-state index contributed by atoms with van der Waals surface area (Å²) in [4.78, 5) is 32.0. The molecule has 5 rings (SSSR count). The molecule has 2 aromatic carbocycles. The smallest absolute Gasteiger partial charge is 0.338 e. The molecule has 0 saturated heterocycles. The second-order valence-corrected chi connectivity index (χ2v) is 10.1. The highest BCUT2D eigenvalue weighted by Crippen LogP contribution is 2.36. The molecule has 1 atom stereocenters. The number of aromatic nitrogens is 1. The lowest BCUT2D eigenvalue weighted by Gasteiger charge is -2.25. The van der Waals surface area contributed by atoms with Gasteiger partial charge >= 0.3 is 5.97 Å². The van der Waals surface area contributed by atoms with E-state index in [9.17, 15) is 9.59 Å². The van der Waals surface area contributed by atoms with E-state index < -0.39 is 12.0 Å². The Kier molecular flexibility index (Phi) is 7.45. The van der Waals surface area contributed by atoms with Crippen molar-refractivity contribution >= 4 is 35.0 Å². The van der Waals surface area contributed by atoms with Gasteiger partial charge < -0.3 is 18.6 Å². The minimum Gasteiger partial charge on any atom is -0.493 e. The maximum absolute atomic E-state index is 13.8. The molecule has 0 saturated carbocycles. The summed E-state index contributed by atoms with van der Waals surface area (Å²) in [5.41, 5.74) is 1.92. The molecule has 0 N–H and O–H groups in total. The van der Waals surface area contributed by atoms with Crippen molar-refractivity contribution in [2.24, 2.45) is 4.99 Å². The molecule has 0 radical (unpaired) electrons. The van der Waals surface area contributed by atoms with Crippen LogP contribution in [0.3, 0.4) is 0 Å². The van der Waals surface area contributed by atoms with Gasteiger partial charge in [0.05, 0.1) is 42.7 Å². The van der Waals surface area contributed by atoms with Crippen LogP contribution in [0.5, 0.6) is 11.5 Å². The number of hydrogen-bond acceptors (Lipinski definition) is 8. The average Bonchev–Trinajstić information content (AvgIpc) is 3.52. The van der Waals surface area contributed by atoms with E-state index >= 15 is 0 Å². The lowest BCUT2D eigenvalue weighted by atomic mass is 9.95. The second-order valence-electron chi connectivity index (χ2n) is 8.63. The molecule has 3 heterocycles. The Morgan fingerprint density at radius 3 is 2.64 bits per heavy atom. The van der Waals surface area contributed by atoms with Gasteiger partial charge in [-0.3, -0.25) is 9.36 Å². The standard InChI is InChI=1S/C29H25ClN2O6S/c1-5-37-28(34)25-16(2)31-29-32(26(25)18-9-11-22(35-3)23(14-18)36-4)27(33)24(39-29)15-20-10-12-21(38-20)17-7-6-8-19(30)13-17/h6-15,26H,5H2,1-4H3. The predicted octanol–water partition coefficient (Wildman–Crippen LogP) is 4.73. The van der Waals surface area contributed by atoms with Crippen molar-refractivity contribution < 1.29 is 23.4 Å². The fourth-order valence-corrected chi connectivity index (χ4v) is 5.70. The van der Waals surface area contributed by atoms with Gasteiger partial charge in [0.1, 0.15) is 11.5 Å². The number of furan rings is 1. The Morgan fingerprint density at radius 1 is 1.13 bits per heavy atom. The molecule has 0 aliphatic carbocycles. The number of halogens is 1. The molecular formula is C29H25ClN2O6S. The first-order chi connectivity index (χ1) is 18.8. The zero-order valence-electron chi connectivity index (χ0n) is 21.7. The van der Waals surface area contributed by atoms with E-state index in [0.717, 1.165) is 5.56 Å². The van der Waals surface area contributed by atoms with Crippen LogP contribution < -0.4 is 24.4 Å². The van der Waals surface area contributed by atoms with Crippen LogP contribution in [-0.2, 0) is 9.53 Å². The second kappa shape index (κ2) is 11.0. The first-order valence-electron chi connectivity index (χ1n) is 12.1. The van der Waals surface area contributed by atoms with Gasteiger partial charge in [0, 0.05) is 16.7 Å². The molecule has 0 amide bonds. The summed E-state index contributed by atoms with van der Waals surface area (Å²) in [5.74, 6) is 1.59. The number of carbonyl (C=O) groups excluding carboxylic acids is 1. The van der Waals surface area contributed by atoms with Gasteiger partial charge in [0.15, 0.2) is 16.3 Å². The average molecular weight is 565 g/mol. The maximum atomic E-state index is 13.8. The minimum atomic E-state index is -0.777. The summed E-state index contributed by atoms with van der Waals surface area (Å²) in [6.07, 6.45) is 1.67. The van der Waals surface area contributed by atoms with Gasteiger partial charge in [-0.15, -0.1) is 0 Å². The van der Waals surface area contributed by atoms with E-state index in [-0.39, 0.29) is 17.7 Å². The van der Waals surface area contributed by atoms with Crippen LogP contribution in [0.1, 0.15) is 31.2 Å². The Balaban J connectivity index is 1.66. The van der Waals surface area contributed by atoms with Gasteiger partial charge in [0.2, 0.25) is 0 Å². The van der Waals surface area contributed by atoms with Gasteiger partial charge in [-0.25, -0.2) is 9.79 Å². The van der Waals surface area contributed by atoms with Crippen molar-refractivity contribution in [3.05, 3.63) is 102 Å². The molecule has 200 valence electrons. The van der Waals surface area contributed by atoms with Crippen molar-refractivity contribution in [2.45, 2.75) is 19.9 Å². The topological polar surface area (TPSA) is 92.3 Å². The largest absolute Gasteiger partial charge is 0.493 e. The molecular weight excluding hydrogens is 540 g/mol. The summed E-state index contributed by atoms with van der Waals surface area (Å²) in [6, 6.07) is 15.5. The highest BCUT2D eigenvalue weighted by molar-refractivity contribution is 7.07. The third kappa shape index (κ3) is 5.03. The predicted molar refractivity (Wildman–Crippen MR) is 149 cm³/mol. The first kappa shape index (κ1) is 26.5. The molecule has 0 fully saturated rings. The van der Waals surface area contributed by atoms with Crippen LogP contribution in [-0.4, -0.2) is 31.4 Å². The van der Waals surface area contributed by atoms with Crippen LogP contribution in [0.2, 0.25) is 5.02 Å². The van der Waals surface area contributed by atoms with Crippen LogP contribution in [0.15, 0.2) is 80.1 Å². The van der Waals surface area contributed by atoms with E-state index in [1.54, 1.807) is 63.4 Å². The third-order valence-electron chi connectivity index (χ3n) is 6.25. The number of hydrogen-bond donors (Lipinski definition) is 0. The van der Waals surface area contributed by atoms with Crippen molar-refractivity contribution in [3.63, 3.8) is 0 Å². The number of allylic oxidation sites excluding steroid dienone is 1. The van der Waals surface area contributed by atoms with Crippen LogP contribution in [0.4, 0.5) is 0 Å². The quantitative estimate of drug-likeness (QED) is 0.301. The zero-order chi connectivity index (χ0) is 27.7. The third-order valence-corrected chi connectivity index (χ3v) is 7.47. The van der Waals surface area contributed by atoms with E-state index in [1.165, 1.54) is 23.0 Å². The Bertz CT molecular complexity index is 1780. The molecule has 2 aromatic heterocycles. The normalized spacial score (nSPS) is 15.1. The number of fused-ring (bicyclic) bond motifs is 1. The Morgan fingerprint density at radius 2 is 1.92 bits per heavy atom. The molecule has 1 aliphatic heterocycles. The molecule has 39 heavy (non-hydrogen) atoms. The number of ether oxygens (including phenoxy) is 3. The first-order valence-corrected chi connectivity index (χ1v) is 13.3. The Hall–Kier alpha value is -4.08. The summed E-state index contributed by atoms with van der Waals surface area (Å²) in [5, 5.41) is 0.599. The Labute approximate surface area is 233 Å². The van der Waals surface area contributed by atoms with Crippen molar-refractivity contribution in [2.75, 3.05) is 20.8 Å². The van der Waals surface area contributed by atoms with Gasteiger partial charge in [0.25, 0.3) is 5.56 Å². The van der Waals surface area contributed by atoms with Crippen molar-refractivity contribution in [1.82, 2.24) is 4.57 Å². The van der Waals surface area contributed by atoms with Crippen molar-refractivity contribution in [3.8, 4) is 22.8 Å². The minimum absolute atomic E-state index is 0.187. The molecule has 0 spiro atoms. The number of thiazole rings is 1. The molecule has 0 bridgehead atoms.